The highest BCUT2D eigenvalue weighted by atomic mass is 16.5. The van der Waals surface area contributed by atoms with Gasteiger partial charge in [0.1, 0.15) is 6.54 Å². The second-order valence-electron chi connectivity index (χ2n) is 9.51. The Labute approximate surface area is 213 Å². The van der Waals surface area contributed by atoms with E-state index in [9.17, 15) is 14.4 Å². The summed E-state index contributed by atoms with van der Waals surface area (Å²) < 4.78 is 5.36. The minimum Gasteiger partial charge on any atom is -0.463 e. The van der Waals surface area contributed by atoms with Gasteiger partial charge < -0.3 is 14.5 Å². The Hall–Kier alpha value is -3.45. The van der Waals surface area contributed by atoms with Crippen molar-refractivity contribution in [2.75, 3.05) is 39.3 Å². The van der Waals surface area contributed by atoms with Gasteiger partial charge in [-0.2, -0.15) is 0 Å². The molecule has 2 amide bonds. The maximum absolute atomic E-state index is 13.2. The fraction of sp³-hybridized carbons (Fsp3) is 0.414. The molecule has 7 nitrogen and oxygen atoms in total. The Kier molecular flexibility index (Phi) is 8.21. The quantitative estimate of drug-likeness (QED) is 0.557. The molecule has 2 aromatic rings. The molecule has 1 saturated heterocycles. The number of nitrogens with zero attached hydrogens (tertiary/aromatic N) is 3. The highest BCUT2D eigenvalue weighted by molar-refractivity contribution is 5.97. The molecule has 0 N–H and O–H groups in total. The van der Waals surface area contributed by atoms with Gasteiger partial charge in [-0.25, -0.2) is 4.79 Å². The van der Waals surface area contributed by atoms with E-state index in [4.69, 9.17) is 4.74 Å². The van der Waals surface area contributed by atoms with E-state index in [-0.39, 0.29) is 37.3 Å². The SMILES string of the molecule is CCOC(=O)C1=C(C)N(CC(=O)N2CCN(Cc3ccccc3)CC2)C(=O)CC1c1ccc(C)cc1. The van der Waals surface area contributed by atoms with Crippen LogP contribution >= 0.6 is 0 Å². The topological polar surface area (TPSA) is 70.2 Å². The molecule has 1 unspecified atom stereocenters. The molecule has 2 aliphatic rings. The van der Waals surface area contributed by atoms with Crippen molar-refractivity contribution in [1.29, 1.82) is 0 Å². The molecule has 2 aromatic carbocycles. The van der Waals surface area contributed by atoms with Gasteiger partial charge in [-0.1, -0.05) is 60.2 Å². The van der Waals surface area contributed by atoms with Crippen LogP contribution in [0.3, 0.4) is 0 Å². The number of hydrogen-bond acceptors (Lipinski definition) is 5. The maximum atomic E-state index is 13.2. The molecule has 36 heavy (non-hydrogen) atoms. The van der Waals surface area contributed by atoms with Crippen molar-refractivity contribution in [1.82, 2.24) is 14.7 Å². The minimum absolute atomic E-state index is 0.0626. The van der Waals surface area contributed by atoms with Crippen LogP contribution in [0.15, 0.2) is 65.9 Å². The van der Waals surface area contributed by atoms with E-state index in [0.29, 0.717) is 24.4 Å². The summed E-state index contributed by atoms with van der Waals surface area (Å²) in [6.45, 7) is 9.36. The second kappa shape index (κ2) is 11.5. The maximum Gasteiger partial charge on any atom is 0.336 e. The normalized spacial score (nSPS) is 19.0. The van der Waals surface area contributed by atoms with Crippen molar-refractivity contribution < 1.29 is 19.1 Å². The molecule has 0 aliphatic carbocycles. The van der Waals surface area contributed by atoms with E-state index >= 15 is 0 Å². The van der Waals surface area contributed by atoms with Gasteiger partial charge in [-0.05, 0) is 31.9 Å². The first kappa shape index (κ1) is 25.6. The van der Waals surface area contributed by atoms with Crippen LogP contribution in [0.4, 0.5) is 0 Å². The van der Waals surface area contributed by atoms with Crippen molar-refractivity contribution in [3.8, 4) is 0 Å². The van der Waals surface area contributed by atoms with E-state index in [2.05, 4.69) is 17.0 Å². The van der Waals surface area contributed by atoms with Gasteiger partial charge in [0.15, 0.2) is 0 Å². The van der Waals surface area contributed by atoms with E-state index < -0.39 is 5.97 Å². The van der Waals surface area contributed by atoms with Crippen LogP contribution in [0.5, 0.6) is 0 Å². The summed E-state index contributed by atoms with van der Waals surface area (Å²) >= 11 is 0. The first-order chi connectivity index (χ1) is 17.4. The van der Waals surface area contributed by atoms with Crippen molar-refractivity contribution in [3.05, 3.63) is 82.6 Å². The highest BCUT2D eigenvalue weighted by Gasteiger charge is 2.38. The lowest BCUT2D eigenvalue weighted by molar-refractivity contribution is -0.143. The average Bonchev–Trinajstić information content (AvgIpc) is 2.87. The largest absolute Gasteiger partial charge is 0.463 e. The predicted octanol–water partition coefficient (Wildman–Crippen LogP) is 3.49. The zero-order valence-corrected chi connectivity index (χ0v) is 21.4. The summed E-state index contributed by atoms with van der Waals surface area (Å²) in [5, 5.41) is 0. The Balaban J connectivity index is 1.46. The van der Waals surface area contributed by atoms with Crippen molar-refractivity contribution >= 4 is 17.8 Å². The van der Waals surface area contributed by atoms with Crippen LogP contribution in [0.1, 0.15) is 42.9 Å². The van der Waals surface area contributed by atoms with E-state index in [1.807, 2.05) is 54.3 Å². The number of benzene rings is 2. The molecule has 0 bridgehead atoms. The lowest BCUT2D eigenvalue weighted by Crippen LogP contribution is -2.52. The zero-order valence-electron chi connectivity index (χ0n) is 21.4. The number of esters is 1. The van der Waals surface area contributed by atoms with E-state index in [0.717, 1.165) is 30.8 Å². The third-order valence-electron chi connectivity index (χ3n) is 7.07. The van der Waals surface area contributed by atoms with Gasteiger partial charge in [0.25, 0.3) is 0 Å². The van der Waals surface area contributed by atoms with Crippen LogP contribution in [0, 0.1) is 6.92 Å². The average molecular weight is 490 g/mol. The van der Waals surface area contributed by atoms with Gasteiger partial charge in [0, 0.05) is 50.8 Å². The summed E-state index contributed by atoms with van der Waals surface area (Å²) in [5.41, 5.74) is 4.23. The Morgan fingerprint density at radius 2 is 1.61 bits per heavy atom. The van der Waals surface area contributed by atoms with Crippen LogP contribution < -0.4 is 0 Å². The number of aryl methyl sites for hydroxylation is 1. The van der Waals surface area contributed by atoms with Crippen molar-refractivity contribution in [2.45, 2.75) is 39.7 Å². The number of piperazine rings is 1. The van der Waals surface area contributed by atoms with Crippen LogP contribution in [-0.4, -0.2) is 71.8 Å². The molecule has 2 heterocycles. The van der Waals surface area contributed by atoms with Gasteiger partial charge in [-0.3, -0.25) is 14.5 Å². The number of rotatable bonds is 7. The summed E-state index contributed by atoms with van der Waals surface area (Å²) in [6, 6.07) is 18.2. The van der Waals surface area contributed by atoms with Gasteiger partial charge in [0.05, 0.1) is 12.2 Å². The van der Waals surface area contributed by atoms with Crippen molar-refractivity contribution in [2.24, 2.45) is 0 Å². The monoisotopic (exact) mass is 489 g/mol. The standard InChI is InChI=1S/C29H35N3O4/c1-4-36-29(35)28-22(3)32(26(33)18-25(28)24-12-10-21(2)11-13-24)20-27(34)31-16-14-30(15-17-31)19-23-8-6-5-7-9-23/h5-13,25H,4,14-20H2,1-3H3. The summed E-state index contributed by atoms with van der Waals surface area (Å²) in [7, 11) is 0. The first-order valence-corrected chi connectivity index (χ1v) is 12.7. The molecule has 1 atom stereocenters. The third kappa shape index (κ3) is 5.85. The van der Waals surface area contributed by atoms with Crippen LogP contribution in [0.2, 0.25) is 0 Å². The summed E-state index contributed by atoms with van der Waals surface area (Å²) in [4.78, 5) is 45.0. The molecule has 0 spiro atoms. The number of hydrogen-bond donors (Lipinski definition) is 0. The molecule has 0 radical (unpaired) electrons. The lowest BCUT2D eigenvalue weighted by Gasteiger charge is -2.38. The smallest absolute Gasteiger partial charge is 0.336 e. The zero-order chi connectivity index (χ0) is 25.7. The van der Waals surface area contributed by atoms with E-state index in [1.165, 1.54) is 10.5 Å². The molecule has 2 aliphatic heterocycles. The van der Waals surface area contributed by atoms with Gasteiger partial charge >= 0.3 is 5.97 Å². The van der Waals surface area contributed by atoms with Gasteiger partial charge in [0.2, 0.25) is 11.8 Å². The van der Waals surface area contributed by atoms with Crippen LogP contribution in [0.25, 0.3) is 0 Å². The summed E-state index contributed by atoms with van der Waals surface area (Å²) in [6.07, 6.45) is 0.132. The number of carbonyl (C=O) groups excluding carboxylic acids is 3. The lowest BCUT2D eigenvalue weighted by atomic mass is 9.83. The molecule has 0 saturated carbocycles. The molecule has 0 aromatic heterocycles. The Morgan fingerprint density at radius 1 is 0.944 bits per heavy atom. The number of amides is 2. The third-order valence-corrected chi connectivity index (χ3v) is 7.07. The number of ether oxygens (including phenoxy) is 1. The minimum atomic E-state index is -0.431. The van der Waals surface area contributed by atoms with Crippen LogP contribution in [-0.2, 0) is 25.7 Å². The number of carbonyl (C=O) groups is 3. The Morgan fingerprint density at radius 3 is 2.25 bits per heavy atom. The molecule has 190 valence electrons. The molecular weight excluding hydrogens is 454 g/mol. The molecular formula is C29H35N3O4. The second-order valence-corrected chi connectivity index (χ2v) is 9.51. The van der Waals surface area contributed by atoms with Crippen molar-refractivity contribution in [3.63, 3.8) is 0 Å². The molecule has 1 fully saturated rings. The van der Waals surface area contributed by atoms with E-state index in [1.54, 1.807) is 13.8 Å². The highest BCUT2D eigenvalue weighted by Crippen LogP contribution is 2.37. The molecule has 7 heteroatoms. The number of allylic oxidation sites excluding steroid dienone is 1. The van der Waals surface area contributed by atoms with Gasteiger partial charge in [-0.15, -0.1) is 0 Å². The fourth-order valence-electron chi connectivity index (χ4n) is 4.99. The Bertz CT molecular complexity index is 1120. The predicted molar refractivity (Wildman–Crippen MR) is 138 cm³/mol. The summed E-state index contributed by atoms with van der Waals surface area (Å²) in [5.74, 6) is -1.06. The molecule has 4 rings (SSSR count). The fourth-order valence-corrected chi connectivity index (χ4v) is 4.99. The first-order valence-electron chi connectivity index (χ1n) is 12.7.